The highest BCUT2D eigenvalue weighted by Gasteiger charge is 2.17. The summed E-state index contributed by atoms with van der Waals surface area (Å²) in [6.45, 7) is 0. The minimum Gasteiger partial charge on any atom is -0.496 e. The maximum absolute atomic E-state index is 6.34. The Balaban J connectivity index is 2.14. The van der Waals surface area contributed by atoms with Gasteiger partial charge in [-0.15, -0.1) is 0 Å². The fourth-order valence-corrected chi connectivity index (χ4v) is 2.36. The predicted molar refractivity (Wildman–Crippen MR) is 81.2 cm³/mol. The molecule has 106 valence electrons. The third-order valence-electron chi connectivity index (χ3n) is 3.42. The van der Waals surface area contributed by atoms with Gasteiger partial charge < -0.3 is 15.2 Å². The van der Waals surface area contributed by atoms with E-state index in [0.717, 1.165) is 29.9 Å². The highest BCUT2D eigenvalue weighted by atomic mass is 16.5. The predicted octanol–water partition coefficient (Wildman–Crippen LogP) is 3.34. The van der Waals surface area contributed by atoms with Crippen LogP contribution >= 0.6 is 0 Å². The number of rotatable bonds is 6. The summed E-state index contributed by atoms with van der Waals surface area (Å²) in [4.78, 5) is 0. The van der Waals surface area contributed by atoms with E-state index in [-0.39, 0.29) is 6.04 Å². The van der Waals surface area contributed by atoms with Crippen molar-refractivity contribution >= 4 is 0 Å². The molecule has 0 aliphatic carbocycles. The van der Waals surface area contributed by atoms with Crippen molar-refractivity contribution in [3.8, 4) is 11.5 Å². The van der Waals surface area contributed by atoms with Gasteiger partial charge in [0, 0.05) is 6.04 Å². The summed E-state index contributed by atoms with van der Waals surface area (Å²) in [7, 11) is 3.31. The third kappa shape index (κ3) is 3.31. The van der Waals surface area contributed by atoms with Crippen molar-refractivity contribution in [3.05, 3.63) is 59.7 Å². The van der Waals surface area contributed by atoms with Crippen molar-refractivity contribution in [2.75, 3.05) is 14.2 Å². The first-order chi connectivity index (χ1) is 9.76. The number of nitrogens with two attached hydrogens (primary N) is 1. The summed E-state index contributed by atoms with van der Waals surface area (Å²) in [5.41, 5.74) is 8.56. The summed E-state index contributed by atoms with van der Waals surface area (Å²) < 4.78 is 10.8. The van der Waals surface area contributed by atoms with E-state index in [0.29, 0.717) is 0 Å². The molecule has 20 heavy (non-hydrogen) atoms. The van der Waals surface area contributed by atoms with Crippen molar-refractivity contribution in [1.29, 1.82) is 0 Å². The van der Waals surface area contributed by atoms with Crippen LogP contribution in [0.1, 0.15) is 23.6 Å². The Morgan fingerprint density at radius 3 is 2.05 bits per heavy atom. The van der Waals surface area contributed by atoms with Gasteiger partial charge in [-0.1, -0.05) is 36.4 Å². The molecule has 1 atom stereocenters. The molecule has 2 aromatic rings. The van der Waals surface area contributed by atoms with E-state index in [1.54, 1.807) is 14.2 Å². The number of benzene rings is 2. The van der Waals surface area contributed by atoms with Gasteiger partial charge in [0.2, 0.25) is 0 Å². The second-order valence-corrected chi connectivity index (χ2v) is 4.71. The number of aryl methyl sites for hydroxylation is 1. The van der Waals surface area contributed by atoms with Crippen LogP contribution < -0.4 is 15.2 Å². The van der Waals surface area contributed by atoms with Gasteiger partial charge in [0.05, 0.1) is 19.8 Å². The lowest BCUT2D eigenvalue weighted by molar-refractivity contribution is 0.377. The van der Waals surface area contributed by atoms with E-state index in [1.165, 1.54) is 5.56 Å². The van der Waals surface area contributed by atoms with Crippen molar-refractivity contribution in [2.24, 2.45) is 5.73 Å². The Labute approximate surface area is 120 Å². The second kappa shape index (κ2) is 6.96. The second-order valence-electron chi connectivity index (χ2n) is 4.71. The summed E-state index contributed by atoms with van der Waals surface area (Å²) in [6.07, 6.45) is 1.78. The Morgan fingerprint density at radius 2 is 1.50 bits per heavy atom. The minimum absolute atomic E-state index is 0.110. The zero-order valence-corrected chi connectivity index (χ0v) is 12.0. The molecular weight excluding hydrogens is 250 g/mol. The Hall–Kier alpha value is -2.00. The monoisotopic (exact) mass is 271 g/mol. The molecule has 2 aromatic carbocycles. The summed E-state index contributed by atoms with van der Waals surface area (Å²) >= 11 is 0. The van der Waals surface area contributed by atoms with Crippen LogP contribution in [0.3, 0.4) is 0 Å². The number of ether oxygens (including phenoxy) is 2. The highest BCUT2D eigenvalue weighted by molar-refractivity contribution is 5.46. The highest BCUT2D eigenvalue weighted by Crippen LogP contribution is 2.34. The summed E-state index contributed by atoms with van der Waals surface area (Å²) in [5, 5.41) is 0. The molecule has 0 spiro atoms. The van der Waals surface area contributed by atoms with Crippen LogP contribution in [0.4, 0.5) is 0 Å². The molecule has 2 rings (SSSR count). The molecule has 0 radical (unpaired) electrons. The smallest absolute Gasteiger partial charge is 0.127 e. The molecule has 0 amide bonds. The van der Waals surface area contributed by atoms with Gasteiger partial charge in [-0.25, -0.2) is 0 Å². The normalized spacial score (nSPS) is 11.9. The average Bonchev–Trinajstić information content (AvgIpc) is 2.52. The molecular formula is C17H21NO2. The van der Waals surface area contributed by atoms with Crippen LogP contribution in [0.5, 0.6) is 11.5 Å². The first-order valence-electron chi connectivity index (χ1n) is 6.76. The van der Waals surface area contributed by atoms with Gasteiger partial charge in [-0.2, -0.15) is 0 Å². The standard InChI is InChI=1S/C17H21NO2/c1-19-15-9-6-10-16(20-2)17(15)14(18)12-11-13-7-4-3-5-8-13/h3-10,14H,11-12,18H2,1-2H3. The lowest BCUT2D eigenvalue weighted by Gasteiger charge is -2.18. The molecule has 0 saturated heterocycles. The van der Waals surface area contributed by atoms with Gasteiger partial charge in [0.1, 0.15) is 11.5 Å². The van der Waals surface area contributed by atoms with Gasteiger partial charge in [-0.3, -0.25) is 0 Å². The lowest BCUT2D eigenvalue weighted by Crippen LogP contribution is -2.14. The fourth-order valence-electron chi connectivity index (χ4n) is 2.36. The van der Waals surface area contributed by atoms with Crippen LogP contribution in [0, 0.1) is 0 Å². The number of hydrogen-bond acceptors (Lipinski definition) is 3. The molecule has 3 nitrogen and oxygen atoms in total. The lowest BCUT2D eigenvalue weighted by atomic mass is 9.98. The van der Waals surface area contributed by atoms with Gasteiger partial charge in [-0.05, 0) is 30.5 Å². The van der Waals surface area contributed by atoms with Crippen LogP contribution in [-0.4, -0.2) is 14.2 Å². The molecule has 0 heterocycles. The molecule has 0 saturated carbocycles. The van der Waals surface area contributed by atoms with Crippen LogP contribution in [-0.2, 0) is 6.42 Å². The van der Waals surface area contributed by atoms with Crippen molar-refractivity contribution in [1.82, 2.24) is 0 Å². The fraction of sp³-hybridized carbons (Fsp3) is 0.294. The summed E-state index contributed by atoms with van der Waals surface area (Å²) in [5.74, 6) is 1.56. The van der Waals surface area contributed by atoms with E-state index in [4.69, 9.17) is 15.2 Å². The SMILES string of the molecule is COc1cccc(OC)c1C(N)CCc1ccccc1. The van der Waals surface area contributed by atoms with Crippen LogP contribution in [0.25, 0.3) is 0 Å². The Kier molecular flexibility index (Phi) is 5.02. The summed E-state index contributed by atoms with van der Waals surface area (Å²) in [6, 6.07) is 16.0. The molecule has 0 bridgehead atoms. The zero-order chi connectivity index (χ0) is 14.4. The van der Waals surface area contributed by atoms with Gasteiger partial charge >= 0.3 is 0 Å². The van der Waals surface area contributed by atoms with Gasteiger partial charge in [0.25, 0.3) is 0 Å². The molecule has 0 fully saturated rings. The van der Waals surface area contributed by atoms with Crippen molar-refractivity contribution in [3.63, 3.8) is 0 Å². The van der Waals surface area contributed by atoms with E-state index in [2.05, 4.69) is 12.1 Å². The minimum atomic E-state index is -0.110. The van der Waals surface area contributed by atoms with Crippen LogP contribution in [0.15, 0.2) is 48.5 Å². The first-order valence-corrected chi connectivity index (χ1v) is 6.76. The molecule has 0 aliphatic heterocycles. The maximum Gasteiger partial charge on any atom is 0.127 e. The van der Waals surface area contributed by atoms with E-state index in [9.17, 15) is 0 Å². The topological polar surface area (TPSA) is 44.5 Å². The largest absolute Gasteiger partial charge is 0.496 e. The van der Waals surface area contributed by atoms with Crippen LogP contribution in [0.2, 0.25) is 0 Å². The molecule has 0 aliphatic rings. The van der Waals surface area contributed by atoms with Crippen molar-refractivity contribution < 1.29 is 9.47 Å². The number of hydrogen-bond donors (Lipinski definition) is 1. The Bertz CT molecular complexity index is 518. The van der Waals surface area contributed by atoms with Gasteiger partial charge in [0.15, 0.2) is 0 Å². The van der Waals surface area contributed by atoms with Crippen molar-refractivity contribution in [2.45, 2.75) is 18.9 Å². The third-order valence-corrected chi connectivity index (χ3v) is 3.42. The molecule has 1 unspecified atom stereocenters. The maximum atomic E-state index is 6.34. The van der Waals surface area contributed by atoms with E-state index >= 15 is 0 Å². The Morgan fingerprint density at radius 1 is 0.900 bits per heavy atom. The quantitative estimate of drug-likeness (QED) is 0.876. The average molecular weight is 271 g/mol. The zero-order valence-electron chi connectivity index (χ0n) is 12.0. The molecule has 0 aromatic heterocycles. The molecule has 3 heteroatoms. The van der Waals surface area contributed by atoms with E-state index < -0.39 is 0 Å². The van der Waals surface area contributed by atoms with E-state index in [1.807, 2.05) is 36.4 Å². The first kappa shape index (κ1) is 14.4. The molecule has 2 N–H and O–H groups in total. The number of methoxy groups -OCH3 is 2.